The number of carbonyl (C=O) groups is 3. The van der Waals surface area contributed by atoms with E-state index in [4.69, 9.17) is 10.5 Å². The molecule has 8 heteroatoms. The number of amides is 4. The molecule has 0 bridgehead atoms. The van der Waals surface area contributed by atoms with Crippen LogP contribution in [-0.2, 0) is 14.3 Å². The molecule has 2 aliphatic heterocycles. The van der Waals surface area contributed by atoms with Crippen LogP contribution in [0.3, 0.4) is 0 Å². The summed E-state index contributed by atoms with van der Waals surface area (Å²) in [6.45, 7) is 1.45. The molecule has 0 saturated carbocycles. The number of hydrogen-bond acceptors (Lipinski definition) is 5. The largest absolute Gasteiger partial charge is 0.499 e. The van der Waals surface area contributed by atoms with Crippen LogP contribution in [0.1, 0.15) is 13.3 Å². The fraction of sp³-hybridized carbons (Fsp3) is 0.462. The highest BCUT2D eigenvalue weighted by molar-refractivity contribution is 6.16. The minimum absolute atomic E-state index is 0.291. The van der Waals surface area contributed by atoms with E-state index in [1.807, 2.05) is 6.92 Å². The zero-order valence-corrected chi connectivity index (χ0v) is 12.1. The lowest BCUT2D eigenvalue weighted by molar-refractivity contribution is -0.408. The highest BCUT2D eigenvalue weighted by atomic mass is 16.5. The summed E-state index contributed by atoms with van der Waals surface area (Å²) in [7, 11) is 2.95. The number of allylic oxidation sites excluding steroid dienone is 1. The van der Waals surface area contributed by atoms with Crippen molar-refractivity contribution in [3.63, 3.8) is 0 Å². The van der Waals surface area contributed by atoms with Crippen LogP contribution in [0.2, 0.25) is 0 Å². The molecule has 1 atom stereocenters. The number of fused-ring (bicyclic) bond motifs is 1. The Hall–Kier alpha value is -2.51. The van der Waals surface area contributed by atoms with Gasteiger partial charge in [0, 0.05) is 5.57 Å². The molecule has 0 aliphatic carbocycles. The summed E-state index contributed by atoms with van der Waals surface area (Å²) in [4.78, 5) is 40.8. The molecule has 112 valence electrons. The van der Waals surface area contributed by atoms with Gasteiger partial charge in [0.15, 0.2) is 12.5 Å². The van der Waals surface area contributed by atoms with Crippen molar-refractivity contribution in [1.29, 1.82) is 0 Å². The van der Waals surface area contributed by atoms with Crippen molar-refractivity contribution in [2.45, 2.75) is 13.3 Å². The Morgan fingerprint density at radius 2 is 2.19 bits per heavy atom. The lowest BCUT2D eigenvalue weighted by Gasteiger charge is -2.28. The van der Waals surface area contributed by atoms with Gasteiger partial charge in [0.2, 0.25) is 0 Å². The van der Waals surface area contributed by atoms with E-state index in [1.165, 1.54) is 18.7 Å². The van der Waals surface area contributed by atoms with Crippen LogP contribution in [0.5, 0.6) is 0 Å². The molecular weight excluding hydrogens is 276 g/mol. The second-order valence-corrected chi connectivity index (χ2v) is 4.73. The summed E-state index contributed by atoms with van der Waals surface area (Å²) in [5.41, 5.74) is 5.88. The van der Waals surface area contributed by atoms with Crippen molar-refractivity contribution in [3.8, 4) is 0 Å². The lowest BCUT2D eigenvalue weighted by atomic mass is 9.94. The van der Waals surface area contributed by atoms with Gasteiger partial charge in [-0.25, -0.2) is 4.79 Å². The van der Waals surface area contributed by atoms with Crippen LogP contribution in [-0.4, -0.2) is 60.1 Å². The van der Waals surface area contributed by atoms with E-state index in [0.29, 0.717) is 18.0 Å². The number of rotatable bonds is 4. The summed E-state index contributed by atoms with van der Waals surface area (Å²) in [6, 6.07) is -0.627. The van der Waals surface area contributed by atoms with Crippen molar-refractivity contribution in [3.05, 3.63) is 11.3 Å². The number of ether oxygens (including phenoxy) is 1. The molecule has 0 spiro atoms. The summed E-state index contributed by atoms with van der Waals surface area (Å²) in [5.74, 6) is -1.39. The third-order valence-electron chi connectivity index (χ3n) is 3.48. The van der Waals surface area contributed by atoms with Crippen LogP contribution in [0, 0.1) is 5.92 Å². The maximum atomic E-state index is 12.5. The number of nitrogens with zero attached hydrogens (tertiary/aromatic N) is 3. The van der Waals surface area contributed by atoms with Crippen molar-refractivity contribution >= 4 is 29.9 Å². The second-order valence-electron chi connectivity index (χ2n) is 4.73. The van der Waals surface area contributed by atoms with Crippen molar-refractivity contribution < 1.29 is 23.7 Å². The smallest absolute Gasteiger partial charge is 0.446 e. The van der Waals surface area contributed by atoms with E-state index in [9.17, 15) is 14.4 Å². The Kier molecular flexibility index (Phi) is 3.88. The molecule has 2 N–H and O–H groups in total. The predicted molar refractivity (Wildman–Crippen MR) is 73.8 cm³/mol. The van der Waals surface area contributed by atoms with Gasteiger partial charge in [-0.2, -0.15) is 9.48 Å². The minimum Gasteiger partial charge on any atom is -0.499 e. The van der Waals surface area contributed by atoms with Crippen molar-refractivity contribution in [1.82, 2.24) is 4.90 Å². The van der Waals surface area contributed by atoms with Gasteiger partial charge >= 0.3 is 11.9 Å². The third kappa shape index (κ3) is 2.32. The van der Waals surface area contributed by atoms with Gasteiger partial charge in [0.25, 0.3) is 11.7 Å². The molecule has 2 aliphatic rings. The number of urea groups is 1. The van der Waals surface area contributed by atoms with E-state index in [1.54, 1.807) is 6.21 Å². The first-order valence-corrected chi connectivity index (χ1v) is 6.47. The first kappa shape index (κ1) is 14.9. The van der Waals surface area contributed by atoms with Crippen LogP contribution in [0.15, 0.2) is 16.3 Å². The molecule has 0 aromatic carbocycles. The number of dihydropyridines is 1. The average Bonchev–Trinajstić information content (AvgIpc) is 2.47. The molecule has 21 heavy (non-hydrogen) atoms. The van der Waals surface area contributed by atoms with Gasteiger partial charge in [0.05, 0.1) is 14.2 Å². The number of aliphatic imine (C=N–C) groups is 1. The van der Waals surface area contributed by atoms with Crippen molar-refractivity contribution in [2.24, 2.45) is 16.6 Å². The highest BCUT2D eigenvalue weighted by Gasteiger charge is 2.50. The maximum Gasteiger partial charge on any atom is 0.446 e. The quantitative estimate of drug-likeness (QED) is 0.704. The Morgan fingerprint density at radius 1 is 1.52 bits per heavy atom. The van der Waals surface area contributed by atoms with Gasteiger partial charge in [-0.1, -0.05) is 6.92 Å². The fourth-order valence-electron chi connectivity index (χ4n) is 2.43. The molecule has 2 rings (SSSR count). The van der Waals surface area contributed by atoms with Crippen LogP contribution in [0.4, 0.5) is 4.79 Å². The lowest BCUT2D eigenvalue weighted by Crippen LogP contribution is -2.56. The number of carbonyl (C=O) groups excluding carboxylic acids is 3. The maximum absolute atomic E-state index is 12.5. The Bertz CT molecular complexity index is 618. The highest BCUT2D eigenvalue weighted by Crippen LogP contribution is 2.28. The molecule has 2 heterocycles. The Balaban J connectivity index is 2.56. The zero-order chi connectivity index (χ0) is 15.7. The molecule has 4 amide bonds. The van der Waals surface area contributed by atoms with Crippen LogP contribution >= 0.6 is 0 Å². The van der Waals surface area contributed by atoms with E-state index in [0.717, 1.165) is 10.5 Å². The summed E-state index contributed by atoms with van der Waals surface area (Å²) in [5, 5.41) is 0. The standard InChI is InChI=1S/C13H16N4O4/c1-4-7-5-15-11-9(10(7)21-3)12(19)17(6-8(14)18)13(20)16(11)2/h5,9H,4,6H2,1-3H3,(H-,14,18)/p+1. The van der Waals surface area contributed by atoms with Gasteiger partial charge in [-0.3, -0.25) is 9.59 Å². The van der Waals surface area contributed by atoms with E-state index < -0.39 is 30.3 Å². The van der Waals surface area contributed by atoms with Gasteiger partial charge in [-0.15, -0.1) is 4.99 Å². The van der Waals surface area contributed by atoms with E-state index in [-0.39, 0.29) is 0 Å². The molecule has 0 aromatic heterocycles. The third-order valence-corrected chi connectivity index (χ3v) is 3.48. The molecule has 8 nitrogen and oxygen atoms in total. The molecule has 0 aromatic rings. The van der Waals surface area contributed by atoms with E-state index in [2.05, 4.69) is 4.99 Å². The first-order chi connectivity index (χ1) is 9.92. The van der Waals surface area contributed by atoms with Gasteiger partial charge < -0.3 is 10.5 Å². The fourth-order valence-corrected chi connectivity index (χ4v) is 2.43. The number of hydrogen-bond donors (Lipinski definition) is 1. The van der Waals surface area contributed by atoms with Crippen LogP contribution in [0.25, 0.3) is 0 Å². The summed E-state index contributed by atoms with van der Waals surface area (Å²) >= 11 is 0. The van der Waals surface area contributed by atoms with Crippen LogP contribution < -0.4 is 5.73 Å². The number of primary amides is 1. The second kappa shape index (κ2) is 5.47. The predicted octanol–water partition coefficient (Wildman–Crippen LogP) is -0.514. The topological polar surface area (TPSA) is 105 Å². The molecule has 0 fully saturated rings. The van der Waals surface area contributed by atoms with Gasteiger partial charge in [0.1, 0.15) is 12.0 Å². The SMILES string of the molecule is CCC1=C(OC)C2C(=O)N(CC(N)=O)C(=O)[N+](C)=C2N=C1. The number of imide groups is 1. The first-order valence-electron chi connectivity index (χ1n) is 6.47. The number of nitrogens with two attached hydrogens (primary N) is 1. The zero-order valence-electron chi connectivity index (χ0n) is 12.1. The Labute approximate surface area is 121 Å². The average molecular weight is 293 g/mol. The minimum atomic E-state index is -0.822. The summed E-state index contributed by atoms with van der Waals surface area (Å²) in [6.07, 6.45) is 2.22. The van der Waals surface area contributed by atoms with Crippen molar-refractivity contribution in [2.75, 3.05) is 20.7 Å². The van der Waals surface area contributed by atoms with E-state index >= 15 is 0 Å². The van der Waals surface area contributed by atoms with Gasteiger partial charge in [-0.05, 0) is 6.42 Å². The number of methoxy groups -OCH3 is 1. The summed E-state index contributed by atoms with van der Waals surface area (Å²) < 4.78 is 6.57. The molecular formula is C13H17N4O4+. The Morgan fingerprint density at radius 3 is 2.71 bits per heavy atom. The molecule has 0 saturated heterocycles. The number of amidine groups is 1. The molecule has 1 unspecified atom stereocenters. The molecule has 0 radical (unpaired) electrons. The normalized spacial score (nSPS) is 21.9. The monoisotopic (exact) mass is 293 g/mol.